The molecule has 0 unspecified atom stereocenters. The number of ether oxygens (including phenoxy) is 2. The summed E-state index contributed by atoms with van der Waals surface area (Å²) in [5.74, 6) is 1.92. The molecule has 1 heterocycles. The van der Waals surface area contributed by atoms with Crippen LogP contribution in [-0.2, 0) is 23.2 Å². The number of methoxy groups -OCH3 is 2. The first-order chi connectivity index (χ1) is 11.8. The Labute approximate surface area is 147 Å². The second-order valence-corrected chi connectivity index (χ2v) is 6.70. The van der Waals surface area contributed by atoms with Crippen molar-refractivity contribution in [3.05, 3.63) is 29.6 Å². The maximum atomic E-state index is 12.1. The fourth-order valence-corrected chi connectivity index (χ4v) is 2.42. The molecule has 0 spiro atoms. The minimum atomic E-state index is -0.219. The number of nitrogens with zero attached hydrogens (tertiary/aromatic N) is 4. The topological polar surface area (TPSA) is 91.2 Å². The van der Waals surface area contributed by atoms with Gasteiger partial charge in [-0.2, -0.15) is 0 Å². The molecular weight excluding hydrogens is 322 g/mol. The second kappa shape index (κ2) is 7.96. The van der Waals surface area contributed by atoms with E-state index in [2.05, 4.69) is 20.8 Å². The fourth-order valence-electron chi connectivity index (χ4n) is 2.42. The molecule has 136 valence electrons. The molecule has 0 atom stereocenters. The van der Waals surface area contributed by atoms with Crippen LogP contribution in [-0.4, -0.2) is 46.9 Å². The van der Waals surface area contributed by atoms with Crippen LogP contribution in [0.1, 0.15) is 32.2 Å². The van der Waals surface area contributed by atoms with Gasteiger partial charge >= 0.3 is 0 Å². The van der Waals surface area contributed by atoms with E-state index in [1.54, 1.807) is 14.2 Å². The molecule has 2 aromatic rings. The van der Waals surface area contributed by atoms with Gasteiger partial charge in [-0.3, -0.25) is 4.79 Å². The van der Waals surface area contributed by atoms with Gasteiger partial charge in [0.1, 0.15) is 6.54 Å². The van der Waals surface area contributed by atoms with Crippen LogP contribution in [0.3, 0.4) is 0 Å². The van der Waals surface area contributed by atoms with Crippen molar-refractivity contribution >= 4 is 5.91 Å². The third-order valence-corrected chi connectivity index (χ3v) is 3.68. The molecule has 0 bridgehead atoms. The highest BCUT2D eigenvalue weighted by Gasteiger charge is 2.22. The average Bonchev–Trinajstić information content (AvgIpc) is 3.03. The van der Waals surface area contributed by atoms with Crippen LogP contribution in [0.2, 0.25) is 0 Å². The monoisotopic (exact) mass is 347 g/mol. The fraction of sp³-hybridized carbons (Fsp3) is 0.529. The number of aromatic nitrogens is 4. The highest BCUT2D eigenvalue weighted by molar-refractivity contribution is 5.75. The Bertz CT molecular complexity index is 721. The van der Waals surface area contributed by atoms with E-state index in [1.165, 1.54) is 4.68 Å². The lowest BCUT2D eigenvalue weighted by Crippen LogP contribution is -2.32. The zero-order chi connectivity index (χ0) is 18.4. The molecule has 1 N–H and O–H groups in total. The van der Waals surface area contributed by atoms with E-state index in [0.717, 1.165) is 5.56 Å². The third kappa shape index (κ3) is 4.91. The summed E-state index contributed by atoms with van der Waals surface area (Å²) in [7, 11) is 3.20. The van der Waals surface area contributed by atoms with Gasteiger partial charge in [0, 0.05) is 12.0 Å². The highest BCUT2D eigenvalue weighted by Crippen LogP contribution is 2.27. The van der Waals surface area contributed by atoms with Gasteiger partial charge in [-0.25, -0.2) is 4.68 Å². The molecular formula is C17H25N5O3. The van der Waals surface area contributed by atoms with Crippen LogP contribution in [0.4, 0.5) is 0 Å². The molecule has 1 amide bonds. The summed E-state index contributed by atoms with van der Waals surface area (Å²) in [6, 6.07) is 5.71. The lowest BCUT2D eigenvalue weighted by Gasteiger charge is -2.16. The van der Waals surface area contributed by atoms with E-state index < -0.39 is 0 Å². The lowest BCUT2D eigenvalue weighted by molar-refractivity contribution is -0.121. The molecule has 0 aliphatic rings. The molecule has 1 aromatic carbocycles. The maximum absolute atomic E-state index is 12.1. The zero-order valence-electron chi connectivity index (χ0n) is 15.4. The number of carbonyl (C=O) groups excluding carboxylic acids is 1. The molecule has 0 aliphatic carbocycles. The molecule has 8 nitrogen and oxygen atoms in total. The maximum Gasteiger partial charge on any atom is 0.241 e. The number of tetrazole rings is 1. The smallest absolute Gasteiger partial charge is 0.241 e. The summed E-state index contributed by atoms with van der Waals surface area (Å²) in [6.07, 6.45) is 0.688. The standard InChI is InChI=1S/C17H25N5O3/c1-17(2,3)16-19-20-21-22(16)11-15(23)18-9-8-12-6-7-13(24-4)14(10-12)25-5/h6-7,10H,8-9,11H2,1-5H3,(H,18,23). The Morgan fingerprint density at radius 1 is 1.20 bits per heavy atom. The Morgan fingerprint density at radius 2 is 1.92 bits per heavy atom. The van der Waals surface area contributed by atoms with Crippen molar-refractivity contribution in [2.24, 2.45) is 0 Å². The largest absolute Gasteiger partial charge is 0.493 e. The Hall–Kier alpha value is -2.64. The Balaban J connectivity index is 1.88. The quantitative estimate of drug-likeness (QED) is 0.813. The van der Waals surface area contributed by atoms with E-state index in [4.69, 9.17) is 9.47 Å². The van der Waals surface area contributed by atoms with Gasteiger partial charge in [-0.05, 0) is 34.5 Å². The van der Waals surface area contributed by atoms with E-state index in [-0.39, 0.29) is 17.9 Å². The van der Waals surface area contributed by atoms with E-state index in [1.807, 2.05) is 39.0 Å². The molecule has 0 radical (unpaired) electrons. The van der Waals surface area contributed by atoms with Crippen LogP contribution >= 0.6 is 0 Å². The SMILES string of the molecule is COc1ccc(CCNC(=O)Cn2nnnc2C(C)(C)C)cc1OC. The highest BCUT2D eigenvalue weighted by atomic mass is 16.5. The molecule has 0 aliphatic heterocycles. The van der Waals surface area contributed by atoms with Crippen molar-refractivity contribution in [1.82, 2.24) is 25.5 Å². The van der Waals surface area contributed by atoms with Gasteiger partial charge in [0.2, 0.25) is 5.91 Å². The predicted molar refractivity (Wildman–Crippen MR) is 92.8 cm³/mol. The van der Waals surface area contributed by atoms with Crippen LogP contribution in [0.5, 0.6) is 11.5 Å². The average molecular weight is 347 g/mol. The minimum absolute atomic E-state index is 0.103. The van der Waals surface area contributed by atoms with Gasteiger partial charge < -0.3 is 14.8 Å². The van der Waals surface area contributed by atoms with E-state index in [0.29, 0.717) is 30.3 Å². The van der Waals surface area contributed by atoms with Gasteiger partial charge in [0.15, 0.2) is 17.3 Å². The minimum Gasteiger partial charge on any atom is -0.493 e. The van der Waals surface area contributed by atoms with Crippen LogP contribution < -0.4 is 14.8 Å². The summed E-state index contributed by atoms with van der Waals surface area (Å²) in [6.45, 7) is 6.63. The molecule has 0 saturated heterocycles. The Morgan fingerprint density at radius 3 is 2.56 bits per heavy atom. The predicted octanol–water partition coefficient (Wildman–Crippen LogP) is 1.35. The van der Waals surface area contributed by atoms with Crippen molar-refractivity contribution in [3.8, 4) is 11.5 Å². The van der Waals surface area contributed by atoms with E-state index >= 15 is 0 Å². The first-order valence-corrected chi connectivity index (χ1v) is 8.09. The van der Waals surface area contributed by atoms with Crippen molar-refractivity contribution in [3.63, 3.8) is 0 Å². The first kappa shape index (κ1) is 18.7. The number of carbonyl (C=O) groups is 1. The number of hydrogen-bond donors (Lipinski definition) is 1. The van der Waals surface area contributed by atoms with Gasteiger partial charge in [-0.15, -0.1) is 5.10 Å². The van der Waals surface area contributed by atoms with Crippen LogP contribution in [0, 0.1) is 0 Å². The molecule has 2 rings (SSSR count). The van der Waals surface area contributed by atoms with Gasteiger partial charge in [-0.1, -0.05) is 26.8 Å². The van der Waals surface area contributed by atoms with Crippen LogP contribution in [0.15, 0.2) is 18.2 Å². The van der Waals surface area contributed by atoms with E-state index in [9.17, 15) is 4.79 Å². The second-order valence-electron chi connectivity index (χ2n) is 6.70. The summed E-state index contributed by atoms with van der Waals surface area (Å²) >= 11 is 0. The third-order valence-electron chi connectivity index (χ3n) is 3.68. The number of nitrogens with one attached hydrogen (secondary N) is 1. The normalized spacial score (nSPS) is 11.2. The lowest BCUT2D eigenvalue weighted by atomic mass is 9.96. The van der Waals surface area contributed by atoms with Crippen LogP contribution in [0.25, 0.3) is 0 Å². The Kier molecular flexibility index (Phi) is 5.95. The summed E-state index contributed by atoms with van der Waals surface area (Å²) in [5, 5.41) is 14.4. The molecule has 1 aromatic heterocycles. The molecule has 25 heavy (non-hydrogen) atoms. The van der Waals surface area contributed by atoms with Gasteiger partial charge in [0.25, 0.3) is 0 Å². The number of rotatable bonds is 7. The number of benzene rings is 1. The van der Waals surface area contributed by atoms with Crippen molar-refractivity contribution in [2.45, 2.75) is 39.2 Å². The molecule has 8 heteroatoms. The number of hydrogen-bond acceptors (Lipinski definition) is 6. The molecule has 0 saturated carbocycles. The molecule has 0 fully saturated rings. The summed E-state index contributed by atoms with van der Waals surface area (Å²) < 4.78 is 12.0. The van der Waals surface area contributed by atoms with Gasteiger partial charge in [0.05, 0.1) is 14.2 Å². The van der Waals surface area contributed by atoms with Crippen molar-refractivity contribution in [2.75, 3.05) is 20.8 Å². The zero-order valence-corrected chi connectivity index (χ0v) is 15.4. The summed E-state index contributed by atoms with van der Waals surface area (Å²) in [4.78, 5) is 12.1. The van der Waals surface area contributed by atoms with Crippen molar-refractivity contribution in [1.29, 1.82) is 0 Å². The summed E-state index contributed by atoms with van der Waals surface area (Å²) in [5.41, 5.74) is 0.833. The van der Waals surface area contributed by atoms with Crippen molar-refractivity contribution < 1.29 is 14.3 Å². The first-order valence-electron chi connectivity index (χ1n) is 8.09. The number of amides is 1.